The standard InChI is InChI=1S/C15H24ClNO4/c16-15-5-2-1-4-13(15)11-21-12-14(19)10-17-6-3-8-20-9-7-18/h1-2,4-5,14,17-19H,3,6-12H2. The molecule has 0 aliphatic heterocycles. The van der Waals surface area contributed by atoms with E-state index >= 15 is 0 Å². The number of aliphatic hydroxyl groups excluding tert-OH is 2. The highest BCUT2D eigenvalue weighted by Crippen LogP contribution is 2.15. The first-order chi connectivity index (χ1) is 10.2. The van der Waals surface area contributed by atoms with Crippen LogP contribution in [0.1, 0.15) is 12.0 Å². The fourth-order valence-electron chi connectivity index (χ4n) is 1.71. The van der Waals surface area contributed by atoms with Crippen LogP contribution in [-0.2, 0) is 16.1 Å². The number of benzene rings is 1. The number of halogens is 1. The van der Waals surface area contributed by atoms with Crippen molar-refractivity contribution in [1.82, 2.24) is 5.32 Å². The van der Waals surface area contributed by atoms with Crippen LogP contribution in [0, 0.1) is 0 Å². The summed E-state index contributed by atoms with van der Waals surface area (Å²) in [5.74, 6) is 0. The van der Waals surface area contributed by atoms with Gasteiger partial charge < -0.3 is 25.0 Å². The normalized spacial score (nSPS) is 12.5. The van der Waals surface area contributed by atoms with Gasteiger partial charge in [0, 0.05) is 18.2 Å². The summed E-state index contributed by atoms with van der Waals surface area (Å²) in [7, 11) is 0. The molecule has 3 N–H and O–H groups in total. The van der Waals surface area contributed by atoms with E-state index in [-0.39, 0.29) is 13.2 Å². The molecule has 0 bridgehead atoms. The Morgan fingerprint density at radius 1 is 1.19 bits per heavy atom. The van der Waals surface area contributed by atoms with E-state index in [4.69, 9.17) is 26.2 Å². The molecule has 1 aromatic rings. The summed E-state index contributed by atoms with van der Waals surface area (Å²) >= 11 is 6.01. The fourth-order valence-corrected chi connectivity index (χ4v) is 1.90. The highest BCUT2D eigenvalue weighted by molar-refractivity contribution is 6.31. The molecule has 21 heavy (non-hydrogen) atoms. The number of rotatable bonds is 12. The van der Waals surface area contributed by atoms with Gasteiger partial charge in [-0.3, -0.25) is 0 Å². The average molecular weight is 318 g/mol. The van der Waals surface area contributed by atoms with E-state index in [1.165, 1.54) is 0 Å². The smallest absolute Gasteiger partial charge is 0.0897 e. The van der Waals surface area contributed by atoms with E-state index in [0.717, 1.165) is 18.5 Å². The van der Waals surface area contributed by atoms with Gasteiger partial charge in [0.1, 0.15) is 0 Å². The Balaban J connectivity index is 1.99. The van der Waals surface area contributed by atoms with Crippen molar-refractivity contribution in [2.75, 3.05) is 39.5 Å². The maximum absolute atomic E-state index is 9.75. The van der Waals surface area contributed by atoms with Crippen LogP contribution in [0.2, 0.25) is 5.02 Å². The summed E-state index contributed by atoms with van der Waals surface area (Å²) in [6, 6.07) is 7.49. The van der Waals surface area contributed by atoms with Crippen molar-refractivity contribution in [2.45, 2.75) is 19.1 Å². The van der Waals surface area contributed by atoms with Crippen molar-refractivity contribution in [3.8, 4) is 0 Å². The van der Waals surface area contributed by atoms with Crippen molar-refractivity contribution in [3.05, 3.63) is 34.9 Å². The third-order valence-electron chi connectivity index (χ3n) is 2.78. The quantitative estimate of drug-likeness (QED) is 0.505. The van der Waals surface area contributed by atoms with E-state index in [0.29, 0.717) is 31.4 Å². The molecule has 0 spiro atoms. The molecule has 0 aromatic heterocycles. The molecular weight excluding hydrogens is 294 g/mol. The number of aliphatic hydroxyl groups is 2. The summed E-state index contributed by atoms with van der Waals surface area (Å²) in [5.41, 5.74) is 0.917. The van der Waals surface area contributed by atoms with Crippen LogP contribution >= 0.6 is 11.6 Å². The summed E-state index contributed by atoms with van der Waals surface area (Å²) in [6.07, 6.45) is 0.290. The number of hydrogen-bond donors (Lipinski definition) is 3. The second-order valence-electron chi connectivity index (χ2n) is 4.65. The van der Waals surface area contributed by atoms with Gasteiger partial charge in [0.25, 0.3) is 0 Å². The van der Waals surface area contributed by atoms with Crippen molar-refractivity contribution in [1.29, 1.82) is 0 Å². The van der Waals surface area contributed by atoms with E-state index in [2.05, 4.69) is 5.32 Å². The van der Waals surface area contributed by atoms with Crippen LogP contribution in [0.3, 0.4) is 0 Å². The molecule has 0 heterocycles. The lowest BCUT2D eigenvalue weighted by Gasteiger charge is -2.13. The topological polar surface area (TPSA) is 71.0 Å². The van der Waals surface area contributed by atoms with E-state index in [1.54, 1.807) is 0 Å². The Hall–Kier alpha value is -0.690. The summed E-state index contributed by atoms with van der Waals surface area (Å²) in [6.45, 7) is 2.92. The monoisotopic (exact) mass is 317 g/mol. The molecule has 0 fully saturated rings. The molecule has 1 rings (SSSR count). The number of nitrogens with one attached hydrogen (secondary N) is 1. The maximum atomic E-state index is 9.75. The molecule has 120 valence electrons. The van der Waals surface area contributed by atoms with E-state index in [9.17, 15) is 5.11 Å². The van der Waals surface area contributed by atoms with Crippen molar-refractivity contribution < 1.29 is 19.7 Å². The summed E-state index contributed by atoms with van der Waals surface area (Å²) < 4.78 is 10.6. The Morgan fingerprint density at radius 2 is 2.00 bits per heavy atom. The van der Waals surface area contributed by atoms with Gasteiger partial charge in [-0.15, -0.1) is 0 Å². The molecule has 0 saturated carbocycles. The zero-order chi connectivity index (χ0) is 15.3. The predicted molar refractivity (Wildman–Crippen MR) is 82.5 cm³/mol. The molecule has 1 unspecified atom stereocenters. The van der Waals surface area contributed by atoms with Gasteiger partial charge in [0.2, 0.25) is 0 Å². The summed E-state index contributed by atoms with van der Waals surface area (Å²) in [4.78, 5) is 0. The molecule has 0 aliphatic carbocycles. The third kappa shape index (κ3) is 9.03. The van der Waals surface area contributed by atoms with Crippen LogP contribution in [-0.4, -0.2) is 55.8 Å². The van der Waals surface area contributed by atoms with Gasteiger partial charge >= 0.3 is 0 Å². The molecule has 0 saturated heterocycles. The zero-order valence-corrected chi connectivity index (χ0v) is 12.9. The van der Waals surface area contributed by atoms with Crippen molar-refractivity contribution >= 4 is 11.6 Å². The van der Waals surface area contributed by atoms with Gasteiger partial charge in [0.15, 0.2) is 0 Å². The second kappa shape index (κ2) is 11.9. The van der Waals surface area contributed by atoms with Crippen LogP contribution in [0.15, 0.2) is 24.3 Å². The predicted octanol–water partition coefficient (Wildman–Crippen LogP) is 1.21. The molecule has 6 heteroatoms. The Bertz CT molecular complexity index is 378. The van der Waals surface area contributed by atoms with Crippen molar-refractivity contribution in [2.24, 2.45) is 0 Å². The molecule has 5 nitrogen and oxygen atoms in total. The van der Waals surface area contributed by atoms with Gasteiger partial charge in [-0.25, -0.2) is 0 Å². The number of hydrogen-bond acceptors (Lipinski definition) is 5. The lowest BCUT2D eigenvalue weighted by molar-refractivity contribution is 0.0285. The molecule has 0 amide bonds. The first kappa shape index (κ1) is 18.4. The van der Waals surface area contributed by atoms with Crippen molar-refractivity contribution in [3.63, 3.8) is 0 Å². The van der Waals surface area contributed by atoms with Crippen LogP contribution in [0.25, 0.3) is 0 Å². The van der Waals surface area contributed by atoms with Crippen LogP contribution < -0.4 is 5.32 Å². The van der Waals surface area contributed by atoms with E-state index in [1.807, 2.05) is 24.3 Å². The summed E-state index contributed by atoms with van der Waals surface area (Å²) in [5, 5.41) is 22.1. The highest BCUT2D eigenvalue weighted by Gasteiger charge is 2.05. The molecule has 1 aromatic carbocycles. The lowest BCUT2D eigenvalue weighted by atomic mass is 10.2. The van der Waals surface area contributed by atoms with Gasteiger partial charge in [-0.2, -0.15) is 0 Å². The molecule has 1 atom stereocenters. The zero-order valence-electron chi connectivity index (χ0n) is 12.1. The van der Waals surface area contributed by atoms with Gasteiger partial charge in [-0.1, -0.05) is 29.8 Å². The Morgan fingerprint density at radius 3 is 2.76 bits per heavy atom. The fraction of sp³-hybridized carbons (Fsp3) is 0.600. The molecular formula is C15H24ClNO4. The third-order valence-corrected chi connectivity index (χ3v) is 3.15. The minimum absolute atomic E-state index is 0.0505. The highest BCUT2D eigenvalue weighted by atomic mass is 35.5. The second-order valence-corrected chi connectivity index (χ2v) is 5.06. The van der Waals surface area contributed by atoms with Gasteiger partial charge in [0.05, 0.1) is 32.5 Å². The van der Waals surface area contributed by atoms with Crippen LogP contribution in [0.5, 0.6) is 0 Å². The van der Waals surface area contributed by atoms with Gasteiger partial charge in [-0.05, 0) is 24.6 Å². The Labute approximate surface area is 130 Å². The van der Waals surface area contributed by atoms with E-state index < -0.39 is 6.10 Å². The minimum Gasteiger partial charge on any atom is -0.394 e. The first-order valence-electron chi connectivity index (χ1n) is 7.12. The molecule has 0 aliphatic rings. The maximum Gasteiger partial charge on any atom is 0.0897 e. The minimum atomic E-state index is -0.550. The SMILES string of the molecule is OCCOCCCNCC(O)COCc1ccccc1Cl. The lowest BCUT2D eigenvalue weighted by Crippen LogP contribution is -2.31. The number of ether oxygens (including phenoxy) is 2. The average Bonchev–Trinajstić information content (AvgIpc) is 2.48. The first-order valence-corrected chi connectivity index (χ1v) is 7.50. The Kier molecular flexibility index (Phi) is 10.4. The molecule has 0 radical (unpaired) electrons. The van der Waals surface area contributed by atoms with Crippen LogP contribution in [0.4, 0.5) is 0 Å². The largest absolute Gasteiger partial charge is 0.394 e.